The molecule has 1 aliphatic rings. The number of nitrogens with two attached hydrogens (primary N) is 1. The summed E-state index contributed by atoms with van der Waals surface area (Å²) in [6.45, 7) is 4.40. The van der Waals surface area contributed by atoms with E-state index < -0.39 is 0 Å². The third-order valence-electron chi connectivity index (χ3n) is 3.59. The van der Waals surface area contributed by atoms with Crippen LogP contribution >= 0.6 is 11.8 Å². The molecule has 3 N–H and O–H groups in total. The highest BCUT2D eigenvalue weighted by Crippen LogP contribution is 2.30. The van der Waals surface area contributed by atoms with Crippen LogP contribution in [0, 0.1) is 5.92 Å². The molecular weight excluding hydrogens is 268 g/mol. The third-order valence-corrected chi connectivity index (χ3v) is 4.96. The van der Waals surface area contributed by atoms with Gasteiger partial charge in [-0.15, -0.1) is 0 Å². The monoisotopic (exact) mass is 294 g/mol. The number of hydrogen-bond acceptors (Lipinski definition) is 5. The van der Waals surface area contributed by atoms with Gasteiger partial charge in [0.1, 0.15) is 11.6 Å². The molecule has 0 atom stereocenters. The van der Waals surface area contributed by atoms with Crippen molar-refractivity contribution in [1.82, 2.24) is 9.97 Å². The van der Waals surface area contributed by atoms with Crippen LogP contribution in [0.1, 0.15) is 57.5 Å². The van der Waals surface area contributed by atoms with E-state index in [-0.39, 0.29) is 0 Å². The Bertz CT molecular complexity index is 416. The van der Waals surface area contributed by atoms with E-state index >= 15 is 0 Å². The summed E-state index contributed by atoms with van der Waals surface area (Å²) in [5.74, 6) is 8.64. The molecule has 1 aromatic heterocycles. The number of thioether (sulfide) groups is 1. The predicted molar refractivity (Wildman–Crippen MR) is 86.6 cm³/mol. The fourth-order valence-corrected chi connectivity index (χ4v) is 3.82. The molecule has 0 aliphatic heterocycles. The second-order valence-corrected chi connectivity index (χ2v) is 7.26. The summed E-state index contributed by atoms with van der Waals surface area (Å²) in [5.41, 5.74) is 3.74. The van der Waals surface area contributed by atoms with Crippen molar-refractivity contribution in [3.05, 3.63) is 17.6 Å². The van der Waals surface area contributed by atoms with Gasteiger partial charge in [0, 0.05) is 17.0 Å². The van der Waals surface area contributed by atoms with Gasteiger partial charge in [-0.1, -0.05) is 33.1 Å². The molecule has 1 saturated carbocycles. The van der Waals surface area contributed by atoms with Crippen molar-refractivity contribution >= 4 is 17.6 Å². The molecule has 112 valence electrons. The Kier molecular flexibility index (Phi) is 6.10. The topological polar surface area (TPSA) is 63.8 Å². The minimum atomic E-state index is 0.592. The van der Waals surface area contributed by atoms with E-state index in [0.29, 0.717) is 5.92 Å². The van der Waals surface area contributed by atoms with Crippen LogP contribution in [0.15, 0.2) is 6.07 Å². The highest BCUT2D eigenvalue weighted by molar-refractivity contribution is 7.99. The summed E-state index contributed by atoms with van der Waals surface area (Å²) in [4.78, 5) is 9.15. The minimum Gasteiger partial charge on any atom is -0.308 e. The molecule has 0 unspecified atom stereocenters. The van der Waals surface area contributed by atoms with E-state index in [9.17, 15) is 0 Å². The van der Waals surface area contributed by atoms with Crippen molar-refractivity contribution < 1.29 is 0 Å². The van der Waals surface area contributed by atoms with E-state index in [1.807, 2.05) is 17.8 Å². The third kappa shape index (κ3) is 4.94. The molecule has 1 fully saturated rings. The Morgan fingerprint density at radius 3 is 2.70 bits per heavy atom. The number of rotatable bonds is 6. The summed E-state index contributed by atoms with van der Waals surface area (Å²) in [6, 6.07) is 1.95. The molecular formula is C15H26N4S. The molecule has 4 nitrogen and oxygen atoms in total. The molecule has 0 amide bonds. The molecule has 0 bridgehead atoms. The number of hydrogen-bond donors (Lipinski definition) is 2. The normalized spacial score (nSPS) is 16.6. The van der Waals surface area contributed by atoms with E-state index in [2.05, 4.69) is 29.2 Å². The number of nitrogens with one attached hydrogen (secondary N) is 1. The first kappa shape index (κ1) is 15.6. The van der Waals surface area contributed by atoms with Crippen LogP contribution < -0.4 is 11.3 Å². The van der Waals surface area contributed by atoms with Gasteiger partial charge in [0.2, 0.25) is 0 Å². The first-order valence-electron chi connectivity index (χ1n) is 7.62. The average molecular weight is 294 g/mol. The maximum Gasteiger partial charge on any atom is 0.143 e. The van der Waals surface area contributed by atoms with Gasteiger partial charge < -0.3 is 5.43 Å². The lowest BCUT2D eigenvalue weighted by Gasteiger charge is -2.20. The average Bonchev–Trinajstić information content (AvgIpc) is 2.45. The summed E-state index contributed by atoms with van der Waals surface area (Å²) in [5, 5.41) is 0.787. The van der Waals surface area contributed by atoms with Crippen molar-refractivity contribution in [2.24, 2.45) is 11.8 Å². The molecule has 0 aromatic carbocycles. The van der Waals surface area contributed by atoms with Gasteiger partial charge >= 0.3 is 0 Å². The summed E-state index contributed by atoms with van der Waals surface area (Å²) in [7, 11) is 0. The van der Waals surface area contributed by atoms with Crippen LogP contribution in [0.25, 0.3) is 0 Å². The largest absolute Gasteiger partial charge is 0.308 e. The SMILES string of the molecule is CC(C)Cc1cc(NN)nc(CSC2CCCCC2)n1. The summed E-state index contributed by atoms with van der Waals surface area (Å²) in [6.07, 6.45) is 7.82. The molecule has 0 spiro atoms. The maximum absolute atomic E-state index is 5.51. The smallest absolute Gasteiger partial charge is 0.143 e. The van der Waals surface area contributed by atoms with Gasteiger partial charge in [-0.2, -0.15) is 11.8 Å². The first-order valence-corrected chi connectivity index (χ1v) is 8.67. The number of aromatic nitrogens is 2. The second-order valence-electron chi connectivity index (χ2n) is 5.97. The van der Waals surface area contributed by atoms with Gasteiger partial charge in [-0.3, -0.25) is 0 Å². The van der Waals surface area contributed by atoms with Crippen molar-refractivity contribution in [1.29, 1.82) is 0 Å². The van der Waals surface area contributed by atoms with Crippen LogP contribution in [0.4, 0.5) is 5.82 Å². The van der Waals surface area contributed by atoms with Crippen molar-refractivity contribution in [2.75, 3.05) is 5.43 Å². The van der Waals surface area contributed by atoms with Gasteiger partial charge in [0.05, 0.1) is 5.75 Å². The van der Waals surface area contributed by atoms with Crippen molar-refractivity contribution in [3.63, 3.8) is 0 Å². The Balaban J connectivity index is 1.98. The van der Waals surface area contributed by atoms with Crippen LogP contribution in [0.3, 0.4) is 0 Å². The summed E-state index contributed by atoms with van der Waals surface area (Å²) < 4.78 is 0. The van der Waals surface area contributed by atoms with Crippen LogP contribution in [0.5, 0.6) is 0 Å². The fraction of sp³-hybridized carbons (Fsp3) is 0.733. The zero-order valence-corrected chi connectivity index (χ0v) is 13.4. The Hall–Kier alpha value is -0.810. The minimum absolute atomic E-state index is 0.592. The van der Waals surface area contributed by atoms with Gasteiger partial charge in [0.15, 0.2) is 0 Å². The number of hydrazine groups is 1. The number of nitrogens with zero attached hydrogens (tertiary/aromatic N) is 2. The molecule has 1 aliphatic carbocycles. The molecule has 1 aromatic rings. The maximum atomic E-state index is 5.51. The first-order chi connectivity index (χ1) is 9.67. The molecule has 0 radical (unpaired) electrons. The molecule has 5 heteroatoms. The Morgan fingerprint density at radius 2 is 2.05 bits per heavy atom. The quantitative estimate of drug-likeness (QED) is 0.621. The van der Waals surface area contributed by atoms with E-state index in [0.717, 1.165) is 34.8 Å². The Labute approximate surface area is 126 Å². The predicted octanol–water partition coefficient (Wildman–Crippen LogP) is 3.53. The molecule has 2 rings (SSSR count). The summed E-state index contributed by atoms with van der Waals surface area (Å²) >= 11 is 2.00. The zero-order valence-electron chi connectivity index (χ0n) is 12.6. The van der Waals surface area contributed by atoms with Gasteiger partial charge in [0.25, 0.3) is 0 Å². The van der Waals surface area contributed by atoms with Crippen molar-refractivity contribution in [2.45, 2.75) is 63.4 Å². The van der Waals surface area contributed by atoms with Crippen LogP contribution in [0.2, 0.25) is 0 Å². The second kappa shape index (κ2) is 7.84. The van der Waals surface area contributed by atoms with E-state index in [1.54, 1.807) is 0 Å². The highest BCUT2D eigenvalue weighted by atomic mass is 32.2. The van der Waals surface area contributed by atoms with Crippen molar-refractivity contribution in [3.8, 4) is 0 Å². The van der Waals surface area contributed by atoms with E-state index in [1.165, 1.54) is 32.1 Å². The van der Waals surface area contributed by atoms with Crippen LogP contribution in [-0.4, -0.2) is 15.2 Å². The van der Waals surface area contributed by atoms with Gasteiger partial charge in [-0.05, 0) is 25.2 Å². The molecule has 20 heavy (non-hydrogen) atoms. The molecule has 1 heterocycles. The fourth-order valence-electron chi connectivity index (χ4n) is 2.64. The molecule has 0 saturated heterocycles. The number of anilines is 1. The van der Waals surface area contributed by atoms with E-state index in [4.69, 9.17) is 5.84 Å². The van der Waals surface area contributed by atoms with Gasteiger partial charge in [-0.25, -0.2) is 15.8 Å². The lowest BCUT2D eigenvalue weighted by molar-refractivity contribution is 0.516. The zero-order chi connectivity index (χ0) is 14.4. The highest BCUT2D eigenvalue weighted by Gasteiger charge is 2.15. The lowest BCUT2D eigenvalue weighted by atomic mass is 10.0. The Morgan fingerprint density at radius 1 is 1.30 bits per heavy atom. The number of nitrogen functional groups attached to an aromatic ring is 1. The van der Waals surface area contributed by atoms with Crippen LogP contribution in [-0.2, 0) is 12.2 Å². The standard InChI is InChI=1S/C15H26N4S/c1-11(2)8-12-9-14(19-16)18-15(17-12)10-20-13-6-4-3-5-7-13/h9,11,13H,3-8,10,16H2,1-2H3,(H,17,18,19). The lowest BCUT2D eigenvalue weighted by Crippen LogP contribution is -2.13.